The maximum absolute atomic E-state index is 5.66. The van der Waals surface area contributed by atoms with Gasteiger partial charge in [-0.2, -0.15) is 0 Å². The second-order valence-electron chi connectivity index (χ2n) is 1.79. The van der Waals surface area contributed by atoms with Crippen molar-refractivity contribution in [2.75, 3.05) is 0 Å². The highest BCUT2D eigenvalue weighted by atomic mass is 35.5. The molecule has 0 aliphatic rings. The molecule has 0 saturated carbocycles. The minimum Gasteiger partial charge on any atom is -0.102 e. The molecule has 60 valence electrons. The van der Waals surface area contributed by atoms with E-state index in [1.807, 2.05) is 13.0 Å². The second kappa shape index (κ2) is 4.71. The molecule has 0 aromatic carbocycles. The van der Waals surface area contributed by atoms with E-state index in [4.69, 9.17) is 46.4 Å². The summed E-state index contributed by atoms with van der Waals surface area (Å²) in [5.41, 5.74) is 0. The second-order valence-corrected chi connectivity index (χ2v) is 4.33. The Morgan fingerprint density at radius 2 is 1.90 bits per heavy atom. The predicted molar refractivity (Wildman–Crippen MR) is 49.4 cm³/mol. The zero-order valence-electron chi connectivity index (χ0n) is 5.45. The summed E-state index contributed by atoms with van der Waals surface area (Å²) in [6.07, 6.45) is 4.26. The van der Waals surface area contributed by atoms with Crippen molar-refractivity contribution in [1.82, 2.24) is 0 Å². The van der Waals surface area contributed by atoms with Crippen molar-refractivity contribution in [3.8, 4) is 0 Å². The minimum absolute atomic E-state index is 0.793. The van der Waals surface area contributed by atoms with Gasteiger partial charge in [-0.05, 0) is 6.42 Å². The van der Waals surface area contributed by atoms with E-state index in [1.54, 1.807) is 6.08 Å². The number of allylic oxidation sites excluding steroid dienone is 2. The van der Waals surface area contributed by atoms with E-state index in [1.165, 1.54) is 0 Å². The molecule has 0 aliphatic heterocycles. The van der Waals surface area contributed by atoms with Crippen LogP contribution in [0.15, 0.2) is 12.2 Å². The number of alkyl halides is 4. The Labute approximate surface area is 81.1 Å². The molecule has 0 fully saturated rings. The first kappa shape index (κ1) is 10.9. The number of hydrogen-bond donors (Lipinski definition) is 0. The lowest BCUT2D eigenvalue weighted by Crippen LogP contribution is -2.17. The summed E-state index contributed by atoms with van der Waals surface area (Å²) >= 11 is 22.2. The average molecular weight is 222 g/mol. The molecule has 0 spiro atoms. The van der Waals surface area contributed by atoms with Crippen LogP contribution in [-0.4, -0.2) is 9.17 Å². The summed E-state index contributed by atoms with van der Waals surface area (Å²) in [5.74, 6) is 0. The Balaban J connectivity index is 3.98. The van der Waals surface area contributed by atoms with Crippen molar-refractivity contribution in [2.24, 2.45) is 0 Å². The van der Waals surface area contributed by atoms with Crippen molar-refractivity contribution >= 4 is 46.4 Å². The van der Waals surface area contributed by atoms with Gasteiger partial charge >= 0.3 is 0 Å². The zero-order chi connectivity index (χ0) is 8.20. The molecule has 0 saturated heterocycles. The topological polar surface area (TPSA) is 0 Å². The molecule has 0 nitrogen and oxygen atoms in total. The zero-order valence-corrected chi connectivity index (χ0v) is 8.47. The molecule has 0 atom stereocenters. The van der Waals surface area contributed by atoms with Crippen LogP contribution in [-0.2, 0) is 0 Å². The predicted octanol–water partition coefficient (Wildman–Crippen LogP) is 3.93. The normalized spacial score (nSPS) is 13.4. The highest BCUT2D eigenvalue weighted by Gasteiger charge is 2.28. The van der Waals surface area contributed by atoms with Crippen molar-refractivity contribution in [1.29, 1.82) is 0 Å². The monoisotopic (exact) mass is 220 g/mol. The van der Waals surface area contributed by atoms with E-state index in [-0.39, 0.29) is 0 Å². The minimum atomic E-state index is -1.15. The van der Waals surface area contributed by atoms with E-state index in [0.717, 1.165) is 6.42 Å². The first-order valence-corrected chi connectivity index (χ1v) is 4.47. The van der Waals surface area contributed by atoms with Gasteiger partial charge in [-0.25, -0.2) is 0 Å². The van der Waals surface area contributed by atoms with Crippen LogP contribution >= 0.6 is 46.4 Å². The number of hydrogen-bond acceptors (Lipinski definition) is 0. The van der Waals surface area contributed by atoms with Gasteiger partial charge in [0.15, 0.2) is 4.33 Å². The highest BCUT2D eigenvalue weighted by Crippen LogP contribution is 2.33. The van der Waals surface area contributed by atoms with Gasteiger partial charge in [0.1, 0.15) is 4.84 Å². The molecule has 0 aromatic heterocycles. The summed E-state index contributed by atoms with van der Waals surface area (Å²) in [4.78, 5) is -0.793. The molecule has 0 aromatic rings. The molecule has 10 heavy (non-hydrogen) atoms. The third kappa shape index (κ3) is 3.92. The molecule has 0 amide bonds. The lowest BCUT2D eigenvalue weighted by molar-refractivity contribution is 1.04. The fraction of sp³-hybridized carbons (Fsp3) is 0.667. The smallest absolute Gasteiger partial charge is 0.102 e. The molecule has 0 unspecified atom stereocenters. The number of rotatable bonds is 3. The third-order valence-electron chi connectivity index (χ3n) is 0.867. The molecule has 0 aliphatic carbocycles. The fourth-order valence-electron chi connectivity index (χ4n) is 0.348. The van der Waals surface area contributed by atoms with Crippen LogP contribution in [0.4, 0.5) is 0 Å². The summed E-state index contributed by atoms with van der Waals surface area (Å²) in [6, 6.07) is 0. The van der Waals surface area contributed by atoms with Gasteiger partial charge in [0, 0.05) is 0 Å². The molecule has 0 bridgehead atoms. The largest absolute Gasteiger partial charge is 0.166 e. The van der Waals surface area contributed by atoms with Gasteiger partial charge in [0.2, 0.25) is 0 Å². The lowest BCUT2D eigenvalue weighted by atomic mass is 10.3. The van der Waals surface area contributed by atoms with Gasteiger partial charge in [-0.1, -0.05) is 42.3 Å². The van der Waals surface area contributed by atoms with Crippen LogP contribution < -0.4 is 0 Å². The van der Waals surface area contributed by atoms with Crippen molar-refractivity contribution in [3.05, 3.63) is 12.2 Å². The molecular weight excluding hydrogens is 214 g/mol. The highest BCUT2D eigenvalue weighted by molar-refractivity contribution is 6.60. The van der Waals surface area contributed by atoms with Gasteiger partial charge in [0.25, 0.3) is 0 Å². The molecule has 0 rings (SSSR count). The van der Waals surface area contributed by atoms with Crippen LogP contribution in [0.25, 0.3) is 0 Å². The Morgan fingerprint density at radius 3 is 2.20 bits per heavy atom. The molecular formula is C6H8Cl4. The van der Waals surface area contributed by atoms with Gasteiger partial charge in [-0.3, -0.25) is 0 Å². The van der Waals surface area contributed by atoms with Crippen molar-refractivity contribution < 1.29 is 0 Å². The first-order chi connectivity index (χ1) is 4.50. The Morgan fingerprint density at radius 1 is 1.40 bits per heavy atom. The molecule has 4 heteroatoms. The van der Waals surface area contributed by atoms with Gasteiger partial charge < -0.3 is 0 Å². The van der Waals surface area contributed by atoms with Crippen LogP contribution in [0.3, 0.4) is 0 Å². The molecule has 0 radical (unpaired) electrons. The summed E-state index contributed by atoms with van der Waals surface area (Å²) in [5, 5.41) is 0. The average Bonchev–Trinajstić information content (AvgIpc) is 1.84. The Hall–Kier alpha value is 0.900. The third-order valence-corrected chi connectivity index (χ3v) is 2.69. The molecule has 0 N–H and O–H groups in total. The summed E-state index contributed by atoms with van der Waals surface area (Å²) < 4.78 is -1.15. The van der Waals surface area contributed by atoms with E-state index in [2.05, 4.69) is 0 Å². The maximum atomic E-state index is 5.66. The lowest BCUT2D eigenvalue weighted by Gasteiger charge is -2.14. The Bertz CT molecular complexity index is 117. The van der Waals surface area contributed by atoms with Crippen LogP contribution in [0.2, 0.25) is 0 Å². The fourth-order valence-corrected chi connectivity index (χ4v) is 0.671. The van der Waals surface area contributed by atoms with Crippen LogP contribution in [0, 0.1) is 0 Å². The quantitative estimate of drug-likeness (QED) is 0.501. The maximum Gasteiger partial charge on any atom is 0.166 e. The standard InChI is InChI=1S/C6H8Cl4/c1-2-3-4-6(9,10)5(7)8/h3-5H,2H2,1H3. The van der Waals surface area contributed by atoms with Crippen LogP contribution in [0.5, 0.6) is 0 Å². The van der Waals surface area contributed by atoms with E-state index in [9.17, 15) is 0 Å². The summed E-state index contributed by atoms with van der Waals surface area (Å²) in [6.45, 7) is 1.97. The SMILES string of the molecule is CCC=CC(Cl)(Cl)C(Cl)Cl. The Kier molecular flexibility index (Phi) is 5.14. The van der Waals surface area contributed by atoms with Crippen molar-refractivity contribution in [3.63, 3.8) is 0 Å². The summed E-state index contributed by atoms with van der Waals surface area (Å²) in [7, 11) is 0. The van der Waals surface area contributed by atoms with Crippen LogP contribution in [0.1, 0.15) is 13.3 Å². The van der Waals surface area contributed by atoms with E-state index >= 15 is 0 Å². The first-order valence-electron chi connectivity index (χ1n) is 2.84. The number of halogens is 4. The van der Waals surface area contributed by atoms with E-state index in [0.29, 0.717) is 0 Å². The van der Waals surface area contributed by atoms with E-state index < -0.39 is 9.17 Å². The van der Waals surface area contributed by atoms with Crippen molar-refractivity contribution in [2.45, 2.75) is 22.5 Å². The molecule has 0 heterocycles. The van der Waals surface area contributed by atoms with Gasteiger partial charge in [-0.15, -0.1) is 23.2 Å². The van der Waals surface area contributed by atoms with Gasteiger partial charge in [0.05, 0.1) is 0 Å².